The van der Waals surface area contributed by atoms with Crippen LogP contribution in [0, 0.1) is 6.92 Å². The Labute approximate surface area is 119 Å². The smallest absolute Gasteiger partial charge is 0.0483 e. The van der Waals surface area contributed by atoms with Crippen LogP contribution < -0.4 is 5.73 Å². The lowest BCUT2D eigenvalue weighted by Crippen LogP contribution is -2.02. The Morgan fingerprint density at radius 1 is 0.950 bits per heavy atom. The summed E-state index contributed by atoms with van der Waals surface area (Å²) < 4.78 is 2.30. The van der Waals surface area contributed by atoms with E-state index in [0.717, 1.165) is 13.0 Å². The van der Waals surface area contributed by atoms with Crippen molar-refractivity contribution in [2.24, 2.45) is 5.73 Å². The second-order valence-electron chi connectivity index (χ2n) is 5.36. The molecule has 1 aromatic heterocycles. The summed E-state index contributed by atoms with van der Waals surface area (Å²) in [6, 6.07) is 17.5. The normalized spacial score (nSPS) is 11.1. The van der Waals surface area contributed by atoms with Crippen LogP contribution in [0.25, 0.3) is 10.9 Å². The zero-order valence-corrected chi connectivity index (χ0v) is 11.8. The minimum absolute atomic E-state index is 0.704. The fourth-order valence-corrected chi connectivity index (χ4v) is 2.60. The van der Waals surface area contributed by atoms with E-state index in [0.29, 0.717) is 6.54 Å². The van der Waals surface area contributed by atoms with Crippen LogP contribution in [-0.2, 0) is 13.0 Å². The van der Waals surface area contributed by atoms with Crippen LogP contribution in [0.5, 0.6) is 0 Å². The van der Waals surface area contributed by atoms with Gasteiger partial charge in [-0.1, -0.05) is 35.9 Å². The first kappa shape index (κ1) is 12.9. The highest BCUT2D eigenvalue weighted by molar-refractivity contribution is 5.81. The Hall–Kier alpha value is -2.06. The lowest BCUT2D eigenvalue weighted by Gasteiger charge is -2.07. The van der Waals surface area contributed by atoms with Gasteiger partial charge in [-0.2, -0.15) is 0 Å². The molecular weight excluding hydrogens is 244 g/mol. The first-order valence-electron chi connectivity index (χ1n) is 7.09. The molecule has 0 saturated carbocycles. The zero-order chi connectivity index (χ0) is 13.9. The van der Waals surface area contributed by atoms with Crippen LogP contribution in [0.1, 0.15) is 16.7 Å². The molecule has 0 amide bonds. The molecule has 2 aromatic carbocycles. The number of hydrogen-bond donors (Lipinski definition) is 1. The van der Waals surface area contributed by atoms with Gasteiger partial charge < -0.3 is 10.3 Å². The fourth-order valence-electron chi connectivity index (χ4n) is 2.60. The second-order valence-corrected chi connectivity index (χ2v) is 5.36. The van der Waals surface area contributed by atoms with Crippen molar-refractivity contribution in [3.63, 3.8) is 0 Å². The van der Waals surface area contributed by atoms with E-state index in [-0.39, 0.29) is 0 Å². The Morgan fingerprint density at radius 2 is 1.70 bits per heavy atom. The van der Waals surface area contributed by atoms with E-state index in [1.807, 2.05) is 0 Å². The molecular formula is C18H20N2. The molecule has 0 aliphatic rings. The van der Waals surface area contributed by atoms with Crippen molar-refractivity contribution in [1.29, 1.82) is 0 Å². The van der Waals surface area contributed by atoms with Crippen molar-refractivity contribution >= 4 is 10.9 Å². The average molecular weight is 264 g/mol. The molecule has 2 nitrogen and oxygen atoms in total. The van der Waals surface area contributed by atoms with E-state index in [1.165, 1.54) is 27.6 Å². The molecule has 0 radical (unpaired) electrons. The van der Waals surface area contributed by atoms with E-state index < -0.39 is 0 Å². The summed E-state index contributed by atoms with van der Waals surface area (Å²) >= 11 is 0. The number of rotatable bonds is 4. The van der Waals surface area contributed by atoms with Gasteiger partial charge in [-0.3, -0.25) is 0 Å². The average Bonchev–Trinajstić information content (AvgIpc) is 2.84. The van der Waals surface area contributed by atoms with Crippen LogP contribution in [0.4, 0.5) is 0 Å². The van der Waals surface area contributed by atoms with Crippen molar-refractivity contribution in [2.45, 2.75) is 19.9 Å². The molecule has 0 bridgehead atoms. The molecule has 0 fully saturated rings. The topological polar surface area (TPSA) is 30.9 Å². The van der Waals surface area contributed by atoms with E-state index in [4.69, 9.17) is 5.73 Å². The van der Waals surface area contributed by atoms with Gasteiger partial charge in [0.15, 0.2) is 0 Å². The van der Waals surface area contributed by atoms with E-state index in [2.05, 4.69) is 66.2 Å². The van der Waals surface area contributed by atoms with Crippen LogP contribution in [0.2, 0.25) is 0 Å². The van der Waals surface area contributed by atoms with Gasteiger partial charge in [-0.25, -0.2) is 0 Å². The molecule has 2 heteroatoms. The van der Waals surface area contributed by atoms with E-state index >= 15 is 0 Å². The van der Waals surface area contributed by atoms with Crippen LogP contribution in [0.15, 0.2) is 54.7 Å². The predicted octanol–water partition coefficient (Wildman–Crippen LogP) is 3.50. The summed E-state index contributed by atoms with van der Waals surface area (Å²) in [5.74, 6) is 0. The maximum atomic E-state index is 5.62. The number of aromatic nitrogens is 1. The largest absolute Gasteiger partial charge is 0.343 e. The Balaban J connectivity index is 1.90. The highest BCUT2D eigenvalue weighted by Gasteiger charge is 2.03. The van der Waals surface area contributed by atoms with E-state index in [1.54, 1.807) is 0 Å². The van der Waals surface area contributed by atoms with Crippen LogP contribution in [0.3, 0.4) is 0 Å². The lowest BCUT2D eigenvalue weighted by molar-refractivity contribution is 0.836. The van der Waals surface area contributed by atoms with Crippen LogP contribution in [-0.4, -0.2) is 11.1 Å². The molecule has 0 spiro atoms. The molecule has 1 heterocycles. The van der Waals surface area contributed by atoms with Crippen molar-refractivity contribution in [3.05, 3.63) is 71.4 Å². The monoisotopic (exact) mass is 264 g/mol. The standard InChI is InChI=1S/C18H20N2/c1-14-2-4-16(5-3-14)13-20-11-9-17-12-15(8-10-19)6-7-18(17)20/h2-7,9,11-12H,8,10,13,19H2,1H3. The second kappa shape index (κ2) is 5.51. The van der Waals surface area contributed by atoms with Gasteiger partial charge in [0.1, 0.15) is 0 Å². The highest BCUT2D eigenvalue weighted by atomic mass is 14.9. The maximum absolute atomic E-state index is 5.62. The number of aryl methyl sites for hydroxylation is 1. The molecule has 102 valence electrons. The Bertz CT molecular complexity index is 708. The minimum atomic E-state index is 0.704. The summed E-state index contributed by atoms with van der Waals surface area (Å²) in [7, 11) is 0. The van der Waals surface area contributed by atoms with Crippen molar-refractivity contribution < 1.29 is 0 Å². The number of hydrogen-bond acceptors (Lipinski definition) is 1. The molecule has 0 aliphatic heterocycles. The summed E-state index contributed by atoms with van der Waals surface area (Å²) in [4.78, 5) is 0. The zero-order valence-electron chi connectivity index (χ0n) is 11.8. The Morgan fingerprint density at radius 3 is 2.45 bits per heavy atom. The molecule has 0 saturated heterocycles. The summed E-state index contributed by atoms with van der Waals surface area (Å²) in [5, 5.41) is 1.29. The summed E-state index contributed by atoms with van der Waals surface area (Å²) in [6.45, 7) is 3.74. The summed E-state index contributed by atoms with van der Waals surface area (Å²) in [5.41, 5.74) is 10.9. The van der Waals surface area contributed by atoms with E-state index in [9.17, 15) is 0 Å². The molecule has 0 unspecified atom stereocenters. The highest BCUT2D eigenvalue weighted by Crippen LogP contribution is 2.19. The van der Waals surface area contributed by atoms with Gasteiger partial charge in [-0.15, -0.1) is 0 Å². The first-order chi connectivity index (χ1) is 9.76. The maximum Gasteiger partial charge on any atom is 0.0483 e. The third-order valence-electron chi connectivity index (χ3n) is 3.74. The van der Waals surface area contributed by atoms with Crippen molar-refractivity contribution in [1.82, 2.24) is 4.57 Å². The molecule has 2 N–H and O–H groups in total. The number of fused-ring (bicyclic) bond motifs is 1. The van der Waals surface area contributed by atoms with Crippen molar-refractivity contribution in [3.8, 4) is 0 Å². The van der Waals surface area contributed by atoms with Crippen LogP contribution >= 0.6 is 0 Å². The van der Waals surface area contributed by atoms with Gasteiger partial charge >= 0.3 is 0 Å². The van der Waals surface area contributed by atoms with Gasteiger partial charge in [0.05, 0.1) is 0 Å². The number of benzene rings is 2. The van der Waals surface area contributed by atoms with Gasteiger partial charge in [0.25, 0.3) is 0 Å². The SMILES string of the molecule is Cc1ccc(Cn2ccc3cc(CCN)ccc32)cc1. The third-order valence-corrected chi connectivity index (χ3v) is 3.74. The fraction of sp³-hybridized carbons (Fsp3) is 0.222. The molecule has 3 rings (SSSR count). The molecule has 20 heavy (non-hydrogen) atoms. The number of nitrogens with zero attached hydrogens (tertiary/aromatic N) is 1. The third kappa shape index (κ3) is 2.61. The lowest BCUT2D eigenvalue weighted by atomic mass is 10.1. The molecule has 0 aliphatic carbocycles. The number of nitrogens with two attached hydrogens (primary N) is 1. The van der Waals surface area contributed by atoms with Gasteiger partial charge in [0.2, 0.25) is 0 Å². The summed E-state index contributed by atoms with van der Waals surface area (Å²) in [6.07, 6.45) is 3.11. The molecule has 3 aromatic rings. The Kier molecular flexibility index (Phi) is 3.57. The quantitative estimate of drug-likeness (QED) is 0.768. The van der Waals surface area contributed by atoms with Gasteiger partial charge in [-0.05, 0) is 54.6 Å². The minimum Gasteiger partial charge on any atom is -0.343 e. The van der Waals surface area contributed by atoms with Crippen molar-refractivity contribution in [2.75, 3.05) is 6.54 Å². The first-order valence-corrected chi connectivity index (χ1v) is 7.09. The predicted molar refractivity (Wildman–Crippen MR) is 85.0 cm³/mol. The molecule has 0 atom stereocenters. The van der Waals surface area contributed by atoms with Gasteiger partial charge in [0, 0.05) is 18.3 Å².